The van der Waals surface area contributed by atoms with Gasteiger partial charge in [-0.15, -0.1) is 11.3 Å². The van der Waals surface area contributed by atoms with Crippen molar-refractivity contribution in [2.75, 3.05) is 0 Å². The third kappa shape index (κ3) is 2.98. The molecule has 1 nitrogen and oxygen atoms in total. The molecule has 0 N–H and O–H groups in total. The molecule has 0 unspecified atom stereocenters. The van der Waals surface area contributed by atoms with Crippen LogP contribution in [-0.2, 0) is 0 Å². The van der Waals surface area contributed by atoms with E-state index >= 15 is 0 Å². The zero-order chi connectivity index (χ0) is 17.2. The molecule has 0 radical (unpaired) electrons. The first-order valence-electron chi connectivity index (χ1n) is 8.82. The summed E-state index contributed by atoms with van der Waals surface area (Å²) in [5.41, 5.74) is 6.38. The predicted octanol–water partition coefficient (Wildman–Crippen LogP) is 6.69. The van der Waals surface area contributed by atoms with Crippen molar-refractivity contribution in [2.24, 2.45) is 0 Å². The molecule has 0 atom stereocenters. The van der Waals surface area contributed by atoms with E-state index in [1.807, 2.05) is 6.07 Å². The molecule has 2 aromatic carbocycles. The molecule has 0 saturated heterocycles. The lowest BCUT2D eigenvalue weighted by molar-refractivity contribution is 0.0983. The fourth-order valence-electron chi connectivity index (χ4n) is 3.39. The molecule has 2 heteroatoms. The average molecular weight is 344 g/mol. The minimum Gasteiger partial charge on any atom is -0.293 e. The third-order valence-electron chi connectivity index (χ3n) is 4.67. The number of unbranched alkanes of at least 4 members (excludes halogenated alkanes) is 1. The van der Waals surface area contributed by atoms with E-state index < -0.39 is 0 Å². The van der Waals surface area contributed by atoms with E-state index in [0.29, 0.717) is 6.42 Å². The zero-order valence-corrected chi connectivity index (χ0v) is 15.1. The van der Waals surface area contributed by atoms with E-state index in [9.17, 15) is 4.79 Å². The van der Waals surface area contributed by atoms with E-state index in [-0.39, 0.29) is 5.78 Å². The maximum atomic E-state index is 12.2. The van der Waals surface area contributed by atoms with Crippen molar-refractivity contribution in [2.45, 2.75) is 26.2 Å². The van der Waals surface area contributed by atoms with Crippen molar-refractivity contribution >= 4 is 28.8 Å². The Morgan fingerprint density at radius 1 is 0.880 bits per heavy atom. The van der Waals surface area contributed by atoms with Crippen LogP contribution in [0.5, 0.6) is 0 Å². The van der Waals surface area contributed by atoms with E-state index in [1.54, 1.807) is 11.3 Å². The summed E-state index contributed by atoms with van der Waals surface area (Å²) in [6.45, 7) is 2.12. The van der Waals surface area contributed by atoms with Crippen LogP contribution in [0, 0.1) is 0 Å². The Kier molecular flexibility index (Phi) is 4.37. The second-order valence-electron chi connectivity index (χ2n) is 6.38. The van der Waals surface area contributed by atoms with Gasteiger partial charge in [0.05, 0.1) is 4.88 Å². The van der Waals surface area contributed by atoms with Crippen LogP contribution in [0.15, 0.2) is 60.7 Å². The summed E-state index contributed by atoms with van der Waals surface area (Å²) in [4.78, 5) is 14.3. The maximum Gasteiger partial charge on any atom is 0.172 e. The second-order valence-corrected chi connectivity index (χ2v) is 7.49. The van der Waals surface area contributed by atoms with Crippen molar-refractivity contribution in [3.05, 3.63) is 81.5 Å². The molecule has 124 valence electrons. The van der Waals surface area contributed by atoms with Crippen LogP contribution in [0.25, 0.3) is 22.8 Å². The van der Waals surface area contributed by atoms with E-state index in [1.165, 1.54) is 27.8 Å². The zero-order valence-electron chi connectivity index (χ0n) is 14.3. The van der Waals surface area contributed by atoms with Gasteiger partial charge in [-0.1, -0.05) is 61.9 Å². The molecule has 1 aromatic heterocycles. The van der Waals surface area contributed by atoms with Crippen LogP contribution in [0.3, 0.4) is 0 Å². The largest absolute Gasteiger partial charge is 0.293 e. The van der Waals surface area contributed by atoms with Crippen LogP contribution in [0.1, 0.15) is 51.9 Å². The molecule has 4 rings (SSSR count). The smallest absolute Gasteiger partial charge is 0.172 e. The summed E-state index contributed by atoms with van der Waals surface area (Å²) in [7, 11) is 0. The average Bonchev–Trinajstić information content (AvgIpc) is 3.24. The van der Waals surface area contributed by atoms with Gasteiger partial charge in [-0.25, -0.2) is 0 Å². The minimum atomic E-state index is 0.267. The number of carbonyl (C=O) groups is 1. The fourth-order valence-corrected chi connectivity index (χ4v) is 4.31. The molecule has 0 saturated carbocycles. The van der Waals surface area contributed by atoms with E-state index in [2.05, 4.69) is 67.6 Å². The lowest BCUT2D eigenvalue weighted by Crippen LogP contribution is -1.94. The van der Waals surface area contributed by atoms with Gasteiger partial charge >= 0.3 is 0 Å². The van der Waals surface area contributed by atoms with Crippen molar-refractivity contribution in [1.29, 1.82) is 0 Å². The van der Waals surface area contributed by atoms with Crippen molar-refractivity contribution in [3.63, 3.8) is 0 Å². The predicted molar refractivity (Wildman–Crippen MR) is 107 cm³/mol. The molecular weight excluding hydrogens is 324 g/mol. The molecule has 1 aliphatic rings. The topological polar surface area (TPSA) is 17.1 Å². The summed E-state index contributed by atoms with van der Waals surface area (Å²) in [5.74, 6) is 0.267. The highest BCUT2D eigenvalue weighted by Crippen LogP contribution is 2.45. The number of hydrogen-bond donors (Lipinski definition) is 0. The van der Waals surface area contributed by atoms with Gasteiger partial charge in [-0.2, -0.15) is 0 Å². The molecule has 3 aromatic rings. The highest BCUT2D eigenvalue weighted by molar-refractivity contribution is 7.15. The summed E-state index contributed by atoms with van der Waals surface area (Å²) in [6, 6.07) is 21.1. The molecule has 0 aliphatic heterocycles. The Labute approximate surface area is 152 Å². The highest BCUT2D eigenvalue weighted by Gasteiger charge is 2.22. The first kappa shape index (κ1) is 16.0. The Morgan fingerprint density at radius 3 is 2.08 bits per heavy atom. The Bertz CT molecular complexity index is 914. The van der Waals surface area contributed by atoms with Crippen LogP contribution >= 0.6 is 11.3 Å². The molecule has 0 fully saturated rings. The summed E-state index contributed by atoms with van der Waals surface area (Å²) in [5, 5.41) is 0. The third-order valence-corrected chi connectivity index (χ3v) is 5.74. The number of ketones is 1. The molecule has 0 amide bonds. The quantitative estimate of drug-likeness (QED) is 0.369. The first-order valence-corrected chi connectivity index (χ1v) is 9.63. The monoisotopic (exact) mass is 344 g/mol. The van der Waals surface area contributed by atoms with Gasteiger partial charge in [-0.3, -0.25) is 4.79 Å². The summed E-state index contributed by atoms with van der Waals surface area (Å²) < 4.78 is 0. The Hall–Kier alpha value is -2.45. The van der Waals surface area contributed by atoms with Gasteiger partial charge in [0.1, 0.15) is 0 Å². The summed E-state index contributed by atoms with van der Waals surface area (Å²) in [6.07, 6.45) is 4.90. The SMILES string of the molecule is CCCCC(=O)c1ccc(C=C2c3ccccc3-c3ccccc32)s1. The van der Waals surface area contributed by atoms with Crippen molar-refractivity contribution in [1.82, 2.24) is 0 Å². The maximum absolute atomic E-state index is 12.2. The van der Waals surface area contributed by atoms with Crippen LogP contribution < -0.4 is 0 Å². The Balaban J connectivity index is 1.73. The number of rotatable bonds is 5. The Morgan fingerprint density at radius 2 is 1.48 bits per heavy atom. The molecule has 25 heavy (non-hydrogen) atoms. The molecular formula is C23H20OS. The minimum absolute atomic E-state index is 0.267. The van der Waals surface area contributed by atoms with Gasteiger partial charge in [0.15, 0.2) is 5.78 Å². The standard InChI is InChI=1S/C23H20OS/c1-2-3-12-22(24)23-14-13-16(25-23)15-21-19-10-6-4-8-17(19)18-9-5-7-11-20(18)21/h4-11,13-15H,2-3,12H2,1H3. The van der Waals surface area contributed by atoms with Crippen LogP contribution in [0.4, 0.5) is 0 Å². The molecule has 1 heterocycles. The van der Waals surface area contributed by atoms with Crippen LogP contribution in [-0.4, -0.2) is 5.78 Å². The summed E-state index contributed by atoms with van der Waals surface area (Å²) >= 11 is 1.60. The number of benzene rings is 2. The number of carbonyl (C=O) groups excluding carboxylic acids is 1. The van der Waals surface area contributed by atoms with E-state index in [0.717, 1.165) is 22.6 Å². The molecule has 1 aliphatic carbocycles. The van der Waals surface area contributed by atoms with Gasteiger partial charge in [0.2, 0.25) is 0 Å². The van der Waals surface area contributed by atoms with Gasteiger partial charge in [-0.05, 0) is 52.5 Å². The number of hydrogen-bond acceptors (Lipinski definition) is 2. The van der Waals surface area contributed by atoms with Gasteiger partial charge < -0.3 is 0 Å². The van der Waals surface area contributed by atoms with Crippen LogP contribution in [0.2, 0.25) is 0 Å². The van der Waals surface area contributed by atoms with Crippen molar-refractivity contribution < 1.29 is 4.79 Å². The number of fused-ring (bicyclic) bond motifs is 3. The molecule has 0 spiro atoms. The first-order chi connectivity index (χ1) is 12.3. The molecule has 0 bridgehead atoms. The normalized spacial score (nSPS) is 12.0. The highest BCUT2D eigenvalue weighted by atomic mass is 32.1. The number of thiophene rings is 1. The lowest BCUT2D eigenvalue weighted by Gasteiger charge is -2.01. The van der Waals surface area contributed by atoms with Gasteiger partial charge in [0, 0.05) is 11.3 Å². The van der Waals surface area contributed by atoms with E-state index in [4.69, 9.17) is 0 Å². The lowest BCUT2D eigenvalue weighted by atomic mass is 10.0. The second kappa shape index (κ2) is 6.81. The van der Waals surface area contributed by atoms with Gasteiger partial charge in [0.25, 0.3) is 0 Å². The fraction of sp³-hybridized carbons (Fsp3) is 0.174. The number of Topliss-reactive ketones (excluding diaryl/α,β-unsaturated/α-hetero) is 1. The van der Waals surface area contributed by atoms with Crippen molar-refractivity contribution in [3.8, 4) is 11.1 Å².